The number of nitrogens with one attached hydrogen (secondary N) is 1. The number of hydrogen-bond donors (Lipinski definition) is 1. The third-order valence-corrected chi connectivity index (χ3v) is 4.25. The fraction of sp³-hybridized carbons (Fsp3) is 0.667. The van der Waals surface area contributed by atoms with E-state index < -0.39 is 18.3 Å². The standard InChI is InChI=1S/C15H24BNO3/c1-13(2,3)11-10(8-9-17-12(11)18)16-19-14(4,5)15(6,7)20-16/h8-9H,1-7H3,(H,17,18). The lowest BCUT2D eigenvalue weighted by atomic mass is 9.70. The van der Waals surface area contributed by atoms with Crippen LogP contribution in [0.5, 0.6) is 0 Å². The van der Waals surface area contributed by atoms with Gasteiger partial charge in [-0.15, -0.1) is 0 Å². The molecule has 0 aromatic carbocycles. The van der Waals surface area contributed by atoms with Crippen LogP contribution in [0.4, 0.5) is 0 Å². The summed E-state index contributed by atoms with van der Waals surface area (Å²) in [5.41, 5.74) is 0.377. The molecular formula is C15H24BNO3. The fourth-order valence-corrected chi connectivity index (χ4v) is 2.43. The lowest BCUT2D eigenvalue weighted by Gasteiger charge is -2.32. The van der Waals surface area contributed by atoms with Gasteiger partial charge in [0.05, 0.1) is 11.2 Å². The van der Waals surface area contributed by atoms with Crippen molar-refractivity contribution in [3.63, 3.8) is 0 Å². The SMILES string of the molecule is CC(C)(C)c1c(B2OC(C)(C)C(C)(C)O2)cc[nH]c1=O. The van der Waals surface area contributed by atoms with Crippen molar-refractivity contribution in [2.45, 2.75) is 65.1 Å². The molecule has 1 aliphatic rings. The topological polar surface area (TPSA) is 51.3 Å². The zero-order valence-electron chi connectivity index (χ0n) is 13.5. The van der Waals surface area contributed by atoms with E-state index in [1.165, 1.54) is 0 Å². The molecule has 0 atom stereocenters. The number of aromatic nitrogens is 1. The molecule has 0 unspecified atom stereocenters. The van der Waals surface area contributed by atoms with Crippen molar-refractivity contribution in [1.82, 2.24) is 4.98 Å². The molecule has 0 radical (unpaired) electrons. The molecule has 1 aliphatic heterocycles. The first-order valence-electron chi connectivity index (χ1n) is 7.03. The van der Waals surface area contributed by atoms with E-state index in [4.69, 9.17) is 9.31 Å². The molecule has 1 aromatic heterocycles. The molecule has 5 heteroatoms. The predicted molar refractivity (Wildman–Crippen MR) is 81.5 cm³/mol. The van der Waals surface area contributed by atoms with Gasteiger partial charge in [0.2, 0.25) is 0 Å². The summed E-state index contributed by atoms with van der Waals surface area (Å²) in [6.07, 6.45) is 1.65. The summed E-state index contributed by atoms with van der Waals surface area (Å²) in [5.74, 6) is 0. The Balaban J connectivity index is 2.52. The highest BCUT2D eigenvalue weighted by molar-refractivity contribution is 6.62. The van der Waals surface area contributed by atoms with Crippen LogP contribution in [0.2, 0.25) is 0 Å². The summed E-state index contributed by atoms with van der Waals surface area (Å²) in [4.78, 5) is 14.9. The second kappa shape index (κ2) is 4.47. The van der Waals surface area contributed by atoms with Crippen LogP contribution in [0.25, 0.3) is 0 Å². The number of aromatic amines is 1. The zero-order chi connectivity index (χ0) is 15.3. The maximum Gasteiger partial charge on any atom is 0.495 e. The average molecular weight is 277 g/mol. The third kappa shape index (κ3) is 2.45. The molecular weight excluding hydrogens is 253 g/mol. The molecule has 1 N–H and O–H groups in total. The number of rotatable bonds is 1. The van der Waals surface area contributed by atoms with Crippen LogP contribution in [-0.2, 0) is 14.7 Å². The van der Waals surface area contributed by atoms with Crippen molar-refractivity contribution < 1.29 is 9.31 Å². The lowest BCUT2D eigenvalue weighted by molar-refractivity contribution is 0.00578. The maximum atomic E-state index is 12.2. The normalized spacial score (nSPS) is 21.2. The van der Waals surface area contributed by atoms with Crippen molar-refractivity contribution in [3.05, 3.63) is 28.2 Å². The van der Waals surface area contributed by atoms with Crippen LogP contribution in [0, 0.1) is 0 Å². The van der Waals surface area contributed by atoms with Crippen LogP contribution in [0.3, 0.4) is 0 Å². The van der Waals surface area contributed by atoms with Gasteiger partial charge in [-0.1, -0.05) is 20.8 Å². The lowest BCUT2D eigenvalue weighted by Crippen LogP contribution is -2.44. The maximum absolute atomic E-state index is 12.2. The van der Waals surface area contributed by atoms with E-state index in [1.54, 1.807) is 6.20 Å². The minimum Gasteiger partial charge on any atom is -0.399 e. The number of pyridine rings is 1. The fourth-order valence-electron chi connectivity index (χ4n) is 2.43. The van der Waals surface area contributed by atoms with Crippen LogP contribution in [-0.4, -0.2) is 23.3 Å². The first-order valence-corrected chi connectivity index (χ1v) is 7.03. The van der Waals surface area contributed by atoms with Gasteiger partial charge in [-0.2, -0.15) is 0 Å². The Morgan fingerprint density at radius 2 is 1.60 bits per heavy atom. The Labute approximate surface area is 121 Å². The van der Waals surface area contributed by atoms with Gasteiger partial charge in [0.25, 0.3) is 5.56 Å². The Morgan fingerprint density at radius 1 is 1.10 bits per heavy atom. The average Bonchev–Trinajstić information content (AvgIpc) is 2.46. The monoisotopic (exact) mass is 277 g/mol. The molecule has 110 valence electrons. The molecule has 0 aliphatic carbocycles. The molecule has 4 nitrogen and oxygen atoms in total. The van der Waals surface area contributed by atoms with Crippen molar-refractivity contribution in [1.29, 1.82) is 0 Å². The zero-order valence-corrected chi connectivity index (χ0v) is 13.5. The minimum absolute atomic E-state index is 0.0790. The van der Waals surface area contributed by atoms with E-state index in [0.29, 0.717) is 0 Å². The predicted octanol–water partition coefficient (Wildman–Crippen LogP) is 1.97. The molecule has 20 heavy (non-hydrogen) atoms. The van der Waals surface area contributed by atoms with E-state index in [-0.39, 0.29) is 11.0 Å². The quantitative estimate of drug-likeness (QED) is 0.798. The van der Waals surface area contributed by atoms with Gasteiger partial charge in [-0.25, -0.2) is 0 Å². The molecule has 2 rings (SSSR count). The van der Waals surface area contributed by atoms with E-state index in [9.17, 15) is 4.79 Å². The van der Waals surface area contributed by atoms with Crippen molar-refractivity contribution in [3.8, 4) is 0 Å². The summed E-state index contributed by atoms with van der Waals surface area (Å²) >= 11 is 0. The van der Waals surface area contributed by atoms with Crippen molar-refractivity contribution in [2.75, 3.05) is 0 Å². The van der Waals surface area contributed by atoms with E-state index in [1.807, 2.05) is 54.5 Å². The van der Waals surface area contributed by atoms with Gasteiger partial charge in [-0.05, 0) is 44.6 Å². The highest BCUT2D eigenvalue weighted by atomic mass is 16.7. The first kappa shape index (κ1) is 15.3. The second-order valence-electron chi connectivity index (χ2n) is 7.48. The van der Waals surface area contributed by atoms with E-state index in [2.05, 4.69) is 4.98 Å². The van der Waals surface area contributed by atoms with Crippen LogP contribution in [0.15, 0.2) is 17.1 Å². The smallest absolute Gasteiger partial charge is 0.399 e. The molecule has 2 heterocycles. The minimum atomic E-state index is -0.503. The molecule has 1 fully saturated rings. The highest BCUT2D eigenvalue weighted by Gasteiger charge is 2.52. The van der Waals surface area contributed by atoms with E-state index in [0.717, 1.165) is 11.0 Å². The Hall–Kier alpha value is -1.07. The summed E-state index contributed by atoms with van der Waals surface area (Å²) in [7, 11) is -0.503. The van der Waals surface area contributed by atoms with Crippen LogP contribution < -0.4 is 11.0 Å². The van der Waals surface area contributed by atoms with Gasteiger partial charge in [-0.3, -0.25) is 4.79 Å². The number of hydrogen-bond acceptors (Lipinski definition) is 3. The van der Waals surface area contributed by atoms with Gasteiger partial charge in [0.15, 0.2) is 0 Å². The van der Waals surface area contributed by atoms with Crippen LogP contribution >= 0.6 is 0 Å². The molecule has 0 bridgehead atoms. The van der Waals surface area contributed by atoms with E-state index >= 15 is 0 Å². The highest BCUT2D eigenvalue weighted by Crippen LogP contribution is 2.37. The van der Waals surface area contributed by atoms with Gasteiger partial charge >= 0.3 is 7.12 Å². The summed E-state index contributed by atoms with van der Waals surface area (Å²) in [6.45, 7) is 14.1. The summed E-state index contributed by atoms with van der Waals surface area (Å²) < 4.78 is 12.1. The molecule has 1 aromatic rings. The Bertz CT molecular complexity index is 553. The van der Waals surface area contributed by atoms with Gasteiger partial charge in [0, 0.05) is 11.8 Å². The second-order valence-corrected chi connectivity index (χ2v) is 7.48. The van der Waals surface area contributed by atoms with Gasteiger partial charge < -0.3 is 14.3 Å². The van der Waals surface area contributed by atoms with Crippen molar-refractivity contribution >= 4 is 12.6 Å². The van der Waals surface area contributed by atoms with Crippen LogP contribution in [0.1, 0.15) is 54.0 Å². The Morgan fingerprint density at radius 3 is 2.05 bits per heavy atom. The molecule has 0 amide bonds. The largest absolute Gasteiger partial charge is 0.495 e. The Kier molecular flexibility index (Phi) is 3.42. The summed E-state index contributed by atoms with van der Waals surface area (Å²) in [6, 6.07) is 1.88. The summed E-state index contributed by atoms with van der Waals surface area (Å²) in [5, 5.41) is 0. The number of H-pyrrole nitrogens is 1. The third-order valence-electron chi connectivity index (χ3n) is 4.25. The van der Waals surface area contributed by atoms with Gasteiger partial charge in [0.1, 0.15) is 0 Å². The molecule has 0 saturated carbocycles. The first-order chi connectivity index (χ1) is 8.96. The van der Waals surface area contributed by atoms with Crippen molar-refractivity contribution in [2.24, 2.45) is 0 Å². The molecule has 0 spiro atoms. The molecule has 1 saturated heterocycles.